The Morgan fingerprint density at radius 2 is 1.78 bits per heavy atom. The summed E-state index contributed by atoms with van der Waals surface area (Å²) in [6, 6.07) is 6.66. The van der Waals surface area contributed by atoms with Crippen LogP contribution in [0.3, 0.4) is 0 Å². The number of aliphatic hydroxyl groups is 1. The minimum Gasteiger partial charge on any atom is -0.391 e. The second-order valence-electron chi connectivity index (χ2n) is 12.4. The third-order valence-electron chi connectivity index (χ3n) is 6.66. The monoisotopic (exact) mass is 527 g/mol. The van der Waals surface area contributed by atoms with E-state index in [1.807, 2.05) is 78.2 Å². The Morgan fingerprint density at radius 3 is 2.32 bits per heavy atom. The maximum Gasteiger partial charge on any atom is 0.246 e. The van der Waals surface area contributed by atoms with Gasteiger partial charge < -0.3 is 15.3 Å². The molecule has 1 aliphatic rings. The molecule has 1 aromatic heterocycles. The minimum atomic E-state index is -0.786. The third-order valence-corrected chi connectivity index (χ3v) is 7.64. The molecular formula is C29H41N3O4S. The number of amides is 2. The molecule has 3 unspecified atom stereocenters. The SMILES string of the molecule is Cc1ncsc1-c1ccc(CCC(=O)C2CC(O)CN2C(=O)C(NC(=O)CC(C)(C)C)C(C)(C)C)cc1. The number of carbonyl (C=O) groups excluding carboxylic acids is 3. The first-order chi connectivity index (χ1) is 17.2. The highest BCUT2D eigenvalue weighted by Gasteiger charge is 2.44. The predicted molar refractivity (Wildman–Crippen MR) is 147 cm³/mol. The number of hydrogen-bond donors (Lipinski definition) is 2. The van der Waals surface area contributed by atoms with Gasteiger partial charge in [0.25, 0.3) is 0 Å². The lowest BCUT2D eigenvalue weighted by atomic mass is 9.84. The van der Waals surface area contributed by atoms with Gasteiger partial charge in [0, 0.05) is 25.8 Å². The zero-order valence-corrected chi connectivity index (χ0v) is 23.9. The summed E-state index contributed by atoms with van der Waals surface area (Å²) in [5, 5.41) is 13.3. The van der Waals surface area contributed by atoms with Crippen molar-refractivity contribution in [1.29, 1.82) is 0 Å². The van der Waals surface area contributed by atoms with Crippen molar-refractivity contribution in [3.8, 4) is 10.4 Å². The number of nitrogens with zero attached hydrogens (tertiary/aromatic N) is 2. The van der Waals surface area contributed by atoms with Gasteiger partial charge in [-0.2, -0.15) is 0 Å². The van der Waals surface area contributed by atoms with Gasteiger partial charge in [-0.3, -0.25) is 14.4 Å². The third kappa shape index (κ3) is 7.71. The highest BCUT2D eigenvalue weighted by atomic mass is 32.1. The molecule has 2 N–H and O–H groups in total. The Bertz CT molecular complexity index is 1110. The fourth-order valence-corrected chi connectivity index (χ4v) is 5.52. The van der Waals surface area contributed by atoms with E-state index in [0.717, 1.165) is 21.7 Å². The van der Waals surface area contributed by atoms with E-state index in [1.165, 1.54) is 4.90 Å². The Kier molecular flexibility index (Phi) is 8.96. The highest BCUT2D eigenvalue weighted by Crippen LogP contribution is 2.29. The topological polar surface area (TPSA) is 99.6 Å². The molecule has 0 radical (unpaired) electrons. The quantitative estimate of drug-likeness (QED) is 0.525. The number of carbonyl (C=O) groups is 3. The van der Waals surface area contributed by atoms with Crippen molar-refractivity contribution in [3.05, 3.63) is 41.0 Å². The second kappa shape index (κ2) is 11.4. The molecule has 3 atom stereocenters. The summed E-state index contributed by atoms with van der Waals surface area (Å²) < 4.78 is 0. The van der Waals surface area contributed by atoms with Crippen LogP contribution in [0.25, 0.3) is 10.4 Å². The molecule has 0 bridgehead atoms. The van der Waals surface area contributed by atoms with E-state index in [9.17, 15) is 19.5 Å². The number of ketones is 1. The summed E-state index contributed by atoms with van der Waals surface area (Å²) in [5.74, 6) is -0.574. The lowest BCUT2D eigenvalue weighted by molar-refractivity contribution is -0.143. The van der Waals surface area contributed by atoms with Crippen LogP contribution >= 0.6 is 11.3 Å². The van der Waals surface area contributed by atoms with E-state index in [-0.39, 0.29) is 42.4 Å². The van der Waals surface area contributed by atoms with E-state index in [2.05, 4.69) is 10.3 Å². The van der Waals surface area contributed by atoms with E-state index in [1.54, 1.807) is 11.3 Å². The van der Waals surface area contributed by atoms with Crippen LogP contribution in [0.1, 0.15) is 72.1 Å². The highest BCUT2D eigenvalue weighted by molar-refractivity contribution is 7.13. The first-order valence-electron chi connectivity index (χ1n) is 13.0. The van der Waals surface area contributed by atoms with E-state index in [4.69, 9.17) is 0 Å². The average molecular weight is 528 g/mol. The number of aromatic nitrogens is 1. The van der Waals surface area contributed by atoms with Gasteiger partial charge in [-0.05, 0) is 35.3 Å². The van der Waals surface area contributed by atoms with Crippen LogP contribution in [0, 0.1) is 17.8 Å². The van der Waals surface area contributed by atoms with Gasteiger partial charge in [-0.15, -0.1) is 11.3 Å². The van der Waals surface area contributed by atoms with Crippen LogP contribution in [0.4, 0.5) is 0 Å². The second-order valence-corrected chi connectivity index (χ2v) is 13.3. The molecule has 2 aromatic rings. The summed E-state index contributed by atoms with van der Waals surface area (Å²) in [6.07, 6.45) is 0.586. The number of benzene rings is 1. The fraction of sp³-hybridized carbons (Fsp3) is 0.586. The molecule has 0 spiro atoms. The number of β-amino-alcohol motifs (C(OH)–C–C–N with tert-alkyl or cyclic N) is 1. The number of likely N-dealkylation sites (tertiary alicyclic amines) is 1. The molecule has 8 heteroatoms. The summed E-state index contributed by atoms with van der Waals surface area (Å²) in [7, 11) is 0. The number of aryl methyl sites for hydroxylation is 2. The maximum atomic E-state index is 13.6. The van der Waals surface area contributed by atoms with Gasteiger partial charge in [0.2, 0.25) is 11.8 Å². The van der Waals surface area contributed by atoms with Crippen molar-refractivity contribution in [1.82, 2.24) is 15.2 Å². The minimum absolute atomic E-state index is 0.0686. The summed E-state index contributed by atoms with van der Waals surface area (Å²) >= 11 is 1.60. The predicted octanol–water partition coefficient (Wildman–Crippen LogP) is 4.55. The zero-order chi connectivity index (χ0) is 27.5. The molecule has 3 rings (SSSR count). The maximum absolute atomic E-state index is 13.6. The Morgan fingerprint density at radius 1 is 1.14 bits per heavy atom. The molecule has 0 aliphatic carbocycles. The Hall–Kier alpha value is -2.58. The molecule has 7 nitrogen and oxygen atoms in total. The average Bonchev–Trinajstić information content (AvgIpc) is 3.39. The van der Waals surface area contributed by atoms with Gasteiger partial charge in [-0.1, -0.05) is 65.8 Å². The Labute approximate surface area is 224 Å². The Balaban J connectivity index is 1.68. The van der Waals surface area contributed by atoms with E-state index in [0.29, 0.717) is 12.8 Å². The molecule has 2 heterocycles. The van der Waals surface area contributed by atoms with Crippen molar-refractivity contribution >= 4 is 28.9 Å². The van der Waals surface area contributed by atoms with Crippen LogP contribution in [-0.2, 0) is 20.8 Å². The molecule has 0 saturated carbocycles. The number of hydrogen-bond acceptors (Lipinski definition) is 6. The summed E-state index contributed by atoms with van der Waals surface area (Å²) in [6.45, 7) is 13.7. The van der Waals surface area contributed by atoms with Gasteiger partial charge in [0.15, 0.2) is 5.78 Å². The van der Waals surface area contributed by atoms with Gasteiger partial charge in [0.05, 0.1) is 28.2 Å². The fourth-order valence-electron chi connectivity index (χ4n) is 4.71. The molecule has 1 saturated heterocycles. The van der Waals surface area contributed by atoms with E-state index < -0.39 is 23.6 Å². The number of rotatable bonds is 8. The molecule has 1 fully saturated rings. The smallest absolute Gasteiger partial charge is 0.246 e. The van der Waals surface area contributed by atoms with E-state index >= 15 is 0 Å². The van der Waals surface area contributed by atoms with Crippen LogP contribution in [0.2, 0.25) is 0 Å². The van der Waals surface area contributed by atoms with Crippen LogP contribution in [0.15, 0.2) is 29.8 Å². The molecule has 37 heavy (non-hydrogen) atoms. The van der Waals surface area contributed by atoms with Crippen LogP contribution < -0.4 is 5.32 Å². The molecule has 2 amide bonds. The van der Waals surface area contributed by atoms with Crippen LogP contribution in [-0.4, -0.2) is 57.3 Å². The lowest BCUT2D eigenvalue weighted by Crippen LogP contribution is -2.57. The first kappa shape index (κ1) is 29.0. The van der Waals surface area contributed by atoms with Crippen molar-refractivity contribution in [3.63, 3.8) is 0 Å². The molecule has 1 aliphatic heterocycles. The normalized spacial score (nSPS) is 19.1. The van der Waals surface area contributed by atoms with Crippen LogP contribution in [0.5, 0.6) is 0 Å². The lowest BCUT2D eigenvalue weighted by Gasteiger charge is -2.36. The number of nitrogens with one attached hydrogen (secondary N) is 1. The first-order valence-corrected chi connectivity index (χ1v) is 13.8. The van der Waals surface area contributed by atoms with Crippen molar-refractivity contribution < 1.29 is 19.5 Å². The van der Waals surface area contributed by atoms with Gasteiger partial charge in [-0.25, -0.2) is 4.98 Å². The molecule has 202 valence electrons. The number of aliphatic hydroxyl groups excluding tert-OH is 1. The number of Topliss-reactive ketones (excluding diaryl/α,β-unsaturated/α-hetero) is 1. The standard InChI is InChI=1S/C29H41N3O4S/c1-18-25(37-17-30-18)20-11-8-19(9-12-20)10-13-23(34)22-14-21(33)16-32(22)27(36)26(29(5,6)7)31-24(35)15-28(2,3)4/h8-9,11-12,17,21-22,26,33H,10,13-16H2,1-7H3,(H,31,35). The van der Waals surface area contributed by atoms with Gasteiger partial charge in [0.1, 0.15) is 6.04 Å². The largest absolute Gasteiger partial charge is 0.391 e. The summed E-state index contributed by atoms with van der Waals surface area (Å²) in [4.78, 5) is 46.5. The van der Waals surface area contributed by atoms with Crippen molar-refractivity contribution in [2.24, 2.45) is 10.8 Å². The number of thiazole rings is 1. The summed E-state index contributed by atoms with van der Waals surface area (Å²) in [5.41, 5.74) is 4.21. The van der Waals surface area contributed by atoms with Gasteiger partial charge >= 0.3 is 0 Å². The van der Waals surface area contributed by atoms with Crippen molar-refractivity contribution in [2.45, 2.75) is 92.3 Å². The van der Waals surface area contributed by atoms with Crippen molar-refractivity contribution in [2.75, 3.05) is 6.54 Å². The zero-order valence-electron chi connectivity index (χ0n) is 23.1. The molecular weight excluding hydrogens is 486 g/mol. The molecule has 1 aromatic carbocycles.